The maximum Gasteiger partial charge on any atom is 0.286 e. The summed E-state index contributed by atoms with van der Waals surface area (Å²) in [7, 11) is -4.19. The molecule has 0 amide bonds. The molecule has 0 saturated heterocycles. The lowest BCUT2D eigenvalue weighted by molar-refractivity contribution is -0.385. The van der Waals surface area contributed by atoms with Crippen molar-refractivity contribution in [1.82, 2.24) is 0 Å². The summed E-state index contributed by atoms with van der Waals surface area (Å²) in [6.45, 7) is 0. The average molecular weight is 384 g/mol. The van der Waals surface area contributed by atoms with Crippen molar-refractivity contribution in [3.05, 3.63) is 67.2 Å². The van der Waals surface area contributed by atoms with E-state index in [1.165, 1.54) is 12.1 Å². The summed E-state index contributed by atoms with van der Waals surface area (Å²) >= 11 is 5.90. The monoisotopic (exact) mass is 383 g/mol. The van der Waals surface area contributed by atoms with Crippen LogP contribution in [-0.2, 0) is 10.0 Å². The van der Waals surface area contributed by atoms with Crippen LogP contribution in [0.25, 0.3) is 0 Å². The lowest BCUT2D eigenvalue weighted by Crippen LogP contribution is -2.08. The minimum absolute atomic E-state index is 0.000981. The van der Waals surface area contributed by atoms with E-state index in [4.69, 9.17) is 16.3 Å². The number of non-ortho nitro benzene ring substituents is 2. The minimum Gasteiger partial charge on any atom is -0.436 e. The number of halogens is 1. The molecule has 128 valence electrons. The van der Waals surface area contributed by atoms with Crippen molar-refractivity contribution in [1.29, 1.82) is 0 Å². The molecule has 0 spiro atoms. The Labute approximate surface area is 144 Å². The third kappa shape index (κ3) is 3.02. The zero-order valence-corrected chi connectivity index (χ0v) is 13.5. The van der Waals surface area contributed by atoms with E-state index >= 15 is 0 Å². The van der Waals surface area contributed by atoms with Gasteiger partial charge in [0, 0.05) is 18.2 Å². The van der Waals surface area contributed by atoms with Gasteiger partial charge in [0.1, 0.15) is 4.90 Å². The van der Waals surface area contributed by atoms with Crippen LogP contribution in [0.3, 0.4) is 0 Å². The summed E-state index contributed by atoms with van der Waals surface area (Å²) in [4.78, 5) is 19.8. The van der Waals surface area contributed by atoms with E-state index in [0.29, 0.717) is 0 Å². The molecule has 0 aliphatic carbocycles. The van der Waals surface area contributed by atoms with E-state index in [-0.39, 0.29) is 27.9 Å². The maximum absolute atomic E-state index is 12.1. The van der Waals surface area contributed by atoms with Crippen LogP contribution in [0.2, 0.25) is 5.02 Å². The Morgan fingerprint density at radius 1 is 1.00 bits per heavy atom. The SMILES string of the molecule is O=[N+]([O-])c1ccc(Cl)c(OC2=NS(=O)(=O)c3cc([N+](=O)[O-])ccc32)c1. The van der Waals surface area contributed by atoms with Crippen molar-refractivity contribution in [3.63, 3.8) is 0 Å². The first-order valence-corrected chi connectivity index (χ1v) is 8.26. The van der Waals surface area contributed by atoms with Gasteiger partial charge in [0.15, 0.2) is 5.75 Å². The summed E-state index contributed by atoms with van der Waals surface area (Å²) in [5, 5.41) is 21.6. The van der Waals surface area contributed by atoms with Crippen molar-refractivity contribution in [2.24, 2.45) is 4.40 Å². The molecule has 25 heavy (non-hydrogen) atoms. The van der Waals surface area contributed by atoms with Gasteiger partial charge in [0.25, 0.3) is 21.4 Å². The molecular weight excluding hydrogens is 378 g/mol. The molecule has 2 aromatic carbocycles. The number of ether oxygens (including phenoxy) is 1. The molecule has 0 saturated carbocycles. The zero-order valence-electron chi connectivity index (χ0n) is 11.9. The van der Waals surface area contributed by atoms with E-state index in [1.807, 2.05) is 0 Å². The van der Waals surface area contributed by atoms with Crippen LogP contribution >= 0.6 is 11.6 Å². The van der Waals surface area contributed by atoms with Gasteiger partial charge in [-0.15, -0.1) is 4.40 Å². The highest BCUT2D eigenvalue weighted by Crippen LogP contribution is 2.34. The molecule has 1 aliphatic heterocycles. The summed E-state index contributed by atoms with van der Waals surface area (Å²) in [5.74, 6) is -0.552. The highest BCUT2D eigenvalue weighted by atomic mass is 35.5. The Bertz CT molecular complexity index is 1070. The van der Waals surface area contributed by atoms with Gasteiger partial charge in [0.2, 0.25) is 5.90 Å². The molecule has 10 nitrogen and oxygen atoms in total. The first-order valence-electron chi connectivity index (χ1n) is 6.44. The number of sulfonamides is 1. The lowest BCUT2D eigenvalue weighted by atomic mass is 10.2. The van der Waals surface area contributed by atoms with Crippen molar-refractivity contribution >= 4 is 38.9 Å². The molecule has 0 atom stereocenters. The van der Waals surface area contributed by atoms with Gasteiger partial charge < -0.3 is 4.74 Å². The molecular formula is C13H6ClN3O7S. The summed E-state index contributed by atoms with van der Waals surface area (Å²) < 4.78 is 32.9. The predicted octanol–water partition coefficient (Wildman–Crippen LogP) is 2.68. The molecule has 3 rings (SSSR count). The topological polar surface area (TPSA) is 142 Å². The number of benzene rings is 2. The first kappa shape index (κ1) is 16.8. The predicted molar refractivity (Wildman–Crippen MR) is 85.6 cm³/mol. The van der Waals surface area contributed by atoms with E-state index in [2.05, 4.69) is 4.40 Å². The maximum atomic E-state index is 12.1. The Hall–Kier alpha value is -3.05. The number of nitro groups is 2. The highest BCUT2D eigenvalue weighted by molar-refractivity contribution is 7.90. The van der Waals surface area contributed by atoms with Gasteiger partial charge in [-0.25, -0.2) is 0 Å². The third-order valence-corrected chi connectivity index (χ3v) is 4.83. The third-order valence-electron chi connectivity index (χ3n) is 3.22. The van der Waals surface area contributed by atoms with Gasteiger partial charge >= 0.3 is 0 Å². The fraction of sp³-hybridized carbons (Fsp3) is 0. The van der Waals surface area contributed by atoms with Crippen LogP contribution in [0.1, 0.15) is 5.56 Å². The quantitative estimate of drug-likeness (QED) is 0.585. The molecule has 1 heterocycles. The largest absolute Gasteiger partial charge is 0.436 e. The Balaban J connectivity index is 2.06. The van der Waals surface area contributed by atoms with Crippen LogP contribution in [0, 0.1) is 20.2 Å². The molecule has 0 bridgehead atoms. The summed E-state index contributed by atoms with van der Waals surface area (Å²) in [6, 6.07) is 6.51. The second-order valence-corrected chi connectivity index (χ2v) is 6.76. The van der Waals surface area contributed by atoms with Gasteiger partial charge in [-0.3, -0.25) is 20.2 Å². The van der Waals surface area contributed by atoms with Crippen LogP contribution < -0.4 is 4.74 Å². The lowest BCUT2D eigenvalue weighted by Gasteiger charge is -2.07. The fourth-order valence-electron chi connectivity index (χ4n) is 2.08. The van der Waals surface area contributed by atoms with Crippen molar-refractivity contribution in [3.8, 4) is 5.75 Å². The zero-order chi connectivity index (χ0) is 18.4. The van der Waals surface area contributed by atoms with E-state index in [1.54, 1.807) is 0 Å². The molecule has 12 heteroatoms. The fourth-order valence-corrected chi connectivity index (χ4v) is 3.40. The number of nitrogens with zero attached hydrogens (tertiary/aromatic N) is 3. The number of hydrogen-bond acceptors (Lipinski definition) is 7. The van der Waals surface area contributed by atoms with Crippen LogP contribution in [0.15, 0.2) is 45.7 Å². The van der Waals surface area contributed by atoms with E-state index in [0.717, 1.165) is 24.3 Å². The smallest absolute Gasteiger partial charge is 0.286 e. The summed E-state index contributed by atoms with van der Waals surface area (Å²) in [5.41, 5.74) is -0.745. The molecule has 0 fully saturated rings. The van der Waals surface area contributed by atoms with Gasteiger partial charge in [-0.05, 0) is 12.1 Å². The molecule has 0 unspecified atom stereocenters. The van der Waals surface area contributed by atoms with E-state index in [9.17, 15) is 28.6 Å². The Morgan fingerprint density at radius 2 is 1.60 bits per heavy atom. The molecule has 2 aromatic rings. The van der Waals surface area contributed by atoms with E-state index < -0.39 is 30.5 Å². The van der Waals surface area contributed by atoms with Gasteiger partial charge in [-0.1, -0.05) is 11.6 Å². The number of rotatable bonds is 3. The van der Waals surface area contributed by atoms with Crippen molar-refractivity contribution < 1.29 is 23.0 Å². The first-order chi connectivity index (χ1) is 11.7. The number of fused-ring (bicyclic) bond motifs is 1. The standard InChI is InChI=1S/C13H6ClN3O7S/c14-10-4-2-7(16(18)19)5-11(10)24-13-9-3-1-8(17(20)21)6-12(9)25(22,23)15-13/h1-6H. The number of nitro benzene ring substituents is 2. The van der Waals surface area contributed by atoms with Crippen molar-refractivity contribution in [2.75, 3.05) is 0 Å². The van der Waals surface area contributed by atoms with Gasteiger partial charge in [0.05, 0.1) is 26.5 Å². The number of hydrogen-bond donors (Lipinski definition) is 0. The normalized spacial score (nSPS) is 14.5. The Morgan fingerprint density at radius 3 is 2.24 bits per heavy atom. The highest BCUT2D eigenvalue weighted by Gasteiger charge is 2.33. The second-order valence-electron chi connectivity index (χ2n) is 4.78. The van der Waals surface area contributed by atoms with Crippen LogP contribution in [0.5, 0.6) is 5.75 Å². The second kappa shape index (κ2) is 5.79. The van der Waals surface area contributed by atoms with Gasteiger partial charge in [-0.2, -0.15) is 8.42 Å². The summed E-state index contributed by atoms with van der Waals surface area (Å²) in [6.07, 6.45) is 0. The minimum atomic E-state index is -4.19. The van der Waals surface area contributed by atoms with Crippen LogP contribution in [-0.4, -0.2) is 24.2 Å². The average Bonchev–Trinajstić information content (AvgIpc) is 2.79. The van der Waals surface area contributed by atoms with Crippen LogP contribution in [0.4, 0.5) is 11.4 Å². The van der Waals surface area contributed by atoms with Crippen molar-refractivity contribution in [2.45, 2.75) is 4.90 Å². The molecule has 1 aliphatic rings. The molecule has 0 radical (unpaired) electrons. The molecule has 0 N–H and O–H groups in total. The Kier molecular flexibility index (Phi) is 3.89. The molecule has 0 aromatic heterocycles.